The molecule has 5 aromatic rings. The topological polar surface area (TPSA) is 80.1 Å². The number of aromatic amines is 1. The smallest absolute Gasteiger partial charge is 0.323 e. The minimum absolute atomic E-state index is 0.151. The summed E-state index contributed by atoms with van der Waals surface area (Å²) >= 11 is 7.90. The van der Waals surface area contributed by atoms with E-state index in [2.05, 4.69) is 4.98 Å². The molecule has 0 spiro atoms. The Morgan fingerprint density at radius 3 is 2.72 bits per heavy atom. The number of nitrogens with one attached hydrogen (secondary N) is 1. The summed E-state index contributed by atoms with van der Waals surface area (Å²) in [5, 5.41) is 12.8. The van der Waals surface area contributed by atoms with Gasteiger partial charge in [-0.25, -0.2) is 4.98 Å². The van der Waals surface area contributed by atoms with Crippen molar-refractivity contribution in [1.82, 2.24) is 14.5 Å². The van der Waals surface area contributed by atoms with Crippen molar-refractivity contribution in [2.75, 3.05) is 7.11 Å². The second kappa shape index (κ2) is 8.18. The lowest BCUT2D eigenvalue weighted by Crippen LogP contribution is -2.07. The van der Waals surface area contributed by atoms with Crippen LogP contribution in [0.5, 0.6) is 5.75 Å². The number of carboxylic acid groups (broad SMARTS) is 1. The first kappa shape index (κ1) is 20.4. The molecule has 0 bridgehead atoms. The van der Waals surface area contributed by atoms with E-state index >= 15 is 0 Å². The number of carbonyl (C=O) groups is 1. The Labute approximate surface area is 192 Å². The number of halogens is 1. The summed E-state index contributed by atoms with van der Waals surface area (Å²) in [4.78, 5) is 20.8. The number of hydrogen-bond donors (Lipinski definition) is 2. The molecule has 160 valence electrons. The van der Waals surface area contributed by atoms with Crippen molar-refractivity contribution < 1.29 is 14.6 Å². The van der Waals surface area contributed by atoms with Crippen LogP contribution in [0.4, 0.5) is 0 Å². The number of ether oxygens (including phenoxy) is 1. The second-order valence-electron chi connectivity index (χ2n) is 7.24. The molecule has 2 aromatic carbocycles. The Bertz CT molecular complexity index is 1420. The SMILES string of the molecule is COc1ccc(-c2nc(-c3cccs3)[nH]c2-c2cn(CC(=O)O)c3ccc(Cl)cc23)cc1. The standard InChI is InChI=1S/C24H18ClN3O3S/c1-31-16-7-4-14(5-8-16)22-23(27-24(26-22)20-3-2-10-32-20)18-12-28(13-21(29)30)19-9-6-15(25)11-17(18)19/h2-12H,13H2,1H3,(H,26,27)(H,29,30). The number of rotatable bonds is 6. The minimum atomic E-state index is -0.914. The molecular formula is C24H18ClN3O3S. The summed E-state index contributed by atoms with van der Waals surface area (Å²) in [5.41, 5.74) is 4.12. The monoisotopic (exact) mass is 463 g/mol. The average Bonchev–Trinajstić information content (AvgIpc) is 3.52. The van der Waals surface area contributed by atoms with E-state index in [9.17, 15) is 9.90 Å². The van der Waals surface area contributed by atoms with Gasteiger partial charge in [-0.05, 0) is 53.9 Å². The molecule has 0 atom stereocenters. The normalized spacial score (nSPS) is 11.2. The number of benzene rings is 2. The maximum Gasteiger partial charge on any atom is 0.323 e. The zero-order valence-electron chi connectivity index (χ0n) is 17.0. The lowest BCUT2D eigenvalue weighted by atomic mass is 10.0. The van der Waals surface area contributed by atoms with Gasteiger partial charge in [-0.2, -0.15) is 0 Å². The molecule has 0 amide bonds. The van der Waals surface area contributed by atoms with Gasteiger partial charge < -0.3 is 19.4 Å². The number of hydrogen-bond acceptors (Lipinski definition) is 4. The highest BCUT2D eigenvalue weighted by atomic mass is 35.5. The van der Waals surface area contributed by atoms with Crippen molar-refractivity contribution >= 4 is 39.8 Å². The molecular weight excluding hydrogens is 446 g/mol. The largest absolute Gasteiger partial charge is 0.497 e. The summed E-state index contributed by atoms with van der Waals surface area (Å²) in [5.74, 6) is 0.596. The van der Waals surface area contributed by atoms with Gasteiger partial charge in [0.15, 0.2) is 0 Å². The summed E-state index contributed by atoms with van der Waals surface area (Å²) in [6, 6.07) is 17.2. The van der Waals surface area contributed by atoms with E-state index in [4.69, 9.17) is 21.3 Å². The summed E-state index contributed by atoms with van der Waals surface area (Å²) < 4.78 is 7.01. The molecule has 5 rings (SSSR count). The molecule has 0 fully saturated rings. The van der Waals surface area contributed by atoms with Gasteiger partial charge in [0.2, 0.25) is 0 Å². The van der Waals surface area contributed by atoms with E-state index in [1.165, 1.54) is 0 Å². The number of thiophene rings is 1. The molecule has 0 aliphatic rings. The van der Waals surface area contributed by atoms with Crippen LogP contribution in [0.1, 0.15) is 0 Å². The fraction of sp³-hybridized carbons (Fsp3) is 0.0833. The van der Waals surface area contributed by atoms with E-state index in [-0.39, 0.29) is 6.54 Å². The number of fused-ring (bicyclic) bond motifs is 1. The van der Waals surface area contributed by atoms with Crippen molar-refractivity contribution in [1.29, 1.82) is 0 Å². The van der Waals surface area contributed by atoms with E-state index in [0.29, 0.717) is 5.02 Å². The van der Waals surface area contributed by atoms with Gasteiger partial charge in [-0.3, -0.25) is 4.79 Å². The average molecular weight is 464 g/mol. The van der Waals surface area contributed by atoms with E-state index in [1.807, 2.05) is 60.1 Å². The first-order chi connectivity index (χ1) is 15.5. The zero-order valence-corrected chi connectivity index (χ0v) is 18.6. The third-order valence-electron chi connectivity index (χ3n) is 5.24. The second-order valence-corrected chi connectivity index (χ2v) is 8.62. The number of H-pyrrole nitrogens is 1. The van der Waals surface area contributed by atoms with Crippen LogP contribution in [0.15, 0.2) is 66.2 Å². The minimum Gasteiger partial charge on any atom is -0.497 e. The van der Waals surface area contributed by atoms with E-state index in [1.54, 1.807) is 29.1 Å². The third-order valence-corrected chi connectivity index (χ3v) is 6.35. The molecule has 0 saturated carbocycles. The molecule has 2 N–H and O–H groups in total. The Kier molecular flexibility index (Phi) is 5.20. The molecule has 32 heavy (non-hydrogen) atoms. The van der Waals surface area contributed by atoms with Gasteiger partial charge in [0.05, 0.1) is 23.4 Å². The predicted octanol–water partition coefficient (Wildman–Crippen LogP) is 6.17. The predicted molar refractivity (Wildman–Crippen MR) is 127 cm³/mol. The summed E-state index contributed by atoms with van der Waals surface area (Å²) in [6.07, 6.45) is 1.84. The molecule has 6 nitrogen and oxygen atoms in total. The molecule has 0 radical (unpaired) electrons. The van der Waals surface area contributed by atoms with Gasteiger partial charge in [-0.15, -0.1) is 11.3 Å². The van der Waals surface area contributed by atoms with Crippen molar-refractivity contribution in [2.24, 2.45) is 0 Å². The molecule has 8 heteroatoms. The highest BCUT2D eigenvalue weighted by Gasteiger charge is 2.21. The molecule has 0 unspecified atom stereocenters. The Balaban J connectivity index is 1.76. The van der Waals surface area contributed by atoms with Crippen molar-refractivity contribution in [3.8, 4) is 39.0 Å². The fourth-order valence-electron chi connectivity index (χ4n) is 3.80. The Morgan fingerprint density at radius 1 is 1.22 bits per heavy atom. The van der Waals surface area contributed by atoms with Crippen LogP contribution < -0.4 is 4.74 Å². The van der Waals surface area contributed by atoms with Crippen LogP contribution in [0.2, 0.25) is 5.02 Å². The van der Waals surface area contributed by atoms with Gasteiger partial charge in [0, 0.05) is 33.2 Å². The summed E-state index contributed by atoms with van der Waals surface area (Å²) in [7, 11) is 1.63. The number of aliphatic carboxylic acids is 1. The van der Waals surface area contributed by atoms with Gasteiger partial charge in [-0.1, -0.05) is 17.7 Å². The number of imidazole rings is 1. The lowest BCUT2D eigenvalue weighted by molar-refractivity contribution is -0.137. The highest BCUT2D eigenvalue weighted by Crippen LogP contribution is 2.39. The molecule has 3 aromatic heterocycles. The van der Waals surface area contributed by atoms with Crippen molar-refractivity contribution in [2.45, 2.75) is 6.54 Å². The number of methoxy groups -OCH3 is 1. The van der Waals surface area contributed by atoms with Crippen LogP contribution in [0.25, 0.3) is 44.1 Å². The Morgan fingerprint density at radius 2 is 2.03 bits per heavy atom. The van der Waals surface area contributed by atoms with Crippen molar-refractivity contribution in [3.05, 3.63) is 71.2 Å². The number of aromatic nitrogens is 3. The first-order valence-electron chi connectivity index (χ1n) is 9.82. The number of nitrogens with zero attached hydrogens (tertiary/aromatic N) is 2. The number of carboxylic acids is 1. The lowest BCUT2D eigenvalue weighted by Gasteiger charge is -2.04. The van der Waals surface area contributed by atoms with Crippen LogP contribution in [-0.2, 0) is 11.3 Å². The van der Waals surface area contributed by atoms with Crippen molar-refractivity contribution in [3.63, 3.8) is 0 Å². The maximum absolute atomic E-state index is 11.5. The van der Waals surface area contributed by atoms with Gasteiger partial charge >= 0.3 is 5.97 Å². The third kappa shape index (κ3) is 3.66. The van der Waals surface area contributed by atoms with Gasteiger partial charge in [0.1, 0.15) is 18.1 Å². The zero-order chi connectivity index (χ0) is 22.2. The van der Waals surface area contributed by atoms with Gasteiger partial charge in [0.25, 0.3) is 0 Å². The Hall–Kier alpha value is -3.55. The molecule has 0 aliphatic carbocycles. The fourth-order valence-corrected chi connectivity index (χ4v) is 4.64. The van der Waals surface area contributed by atoms with E-state index in [0.717, 1.165) is 49.9 Å². The van der Waals surface area contributed by atoms with Crippen LogP contribution in [0, 0.1) is 0 Å². The van der Waals surface area contributed by atoms with E-state index < -0.39 is 5.97 Å². The van der Waals surface area contributed by atoms with Crippen LogP contribution in [0.3, 0.4) is 0 Å². The summed E-state index contributed by atoms with van der Waals surface area (Å²) in [6.45, 7) is -0.151. The molecule has 0 aliphatic heterocycles. The van der Waals surface area contributed by atoms with Crippen LogP contribution >= 0.6 is 22.9 Å². The highest BCUT2D eigenvalue weighted by molar-refractivity contribution is 7.13. The quantitative estimate of drug-likeness (QED) is 0.315. The first-order valence-corrected chi connectivity index (χ1v) is 11.1. The molecule has 0 saturated heterocycles. The maximum atomic E-state index is 11.5. The van der Waals surface area contributed by atoms with Crippen LogP contribution in [-0.4, -0.2) is 32.7 Å². The molecule has 3 heterocycles.